The molecule has 0 aliphatic carbocycles. The van der Waals surface area contributed by atoms with E-state index in [4.69, 9.17) is 4.74 Å². The standard InChI is InChI=1S/C17H21NO2/c1-5-20-14-8-6-7-13(11-14)16-10-9-15(12(2)18-16)17(3,4)19/h6-11,19H,5H2,1-4H3. The predicted octanol–water partition coefficient (Wildman–Crippen LogP) is 3.68. The van der Waals surface area contributed by atoms with E-state index in [1.807, 2.05) is 50.2 Å². The third kappa shape index (κ3) is 3.17. The smallest absolute Gasteiger partial charge is 0.119 e. The molecule has 2 aromatic rings. The molecule has 0 aliphatic rings. The highest BCUT2D eigenvalue weighted by Crippen LogP contribution is 2.27. The number of pyridine rings is 1. The summed E-state index contributed by atoms with van der Waals surface area (Å²) in [6.07, 6.45) is 0. The van der Waals surface area contributed by atoms with Gasteiger partial charge < -0.3 is 9.84 Å². The van der Waals surface area contributed by atoms with Crippen LogP contribution in [-0.4, -0.2) is 16.7 Å². The summed E-state index contributed by atoms with van der Waals surface area (Å²) in [7, 11) is 0. The van der Waals surface area contributed by atoms with Crippen LogP contribution in [0, 0.1) is 6.92 Å². The van der Waals surface area contributed by atoms with Crippen LogP contribution in [0.3, 0.4) is 0 Å². The SMILES string of the molecule is CCOc1cccc(-c2ccc(C(C)(C)O)c(C)n2)c1. The summed E-state index contributed by atoms with van der Waals surface area (Å²) < 4.78 is 5.51. The number of ether oxygens (including phenoxy) is 1. The molecular formula is C17H21NO2. The van der Waals surface area contributed by atoms with Gasteiger partial charge in [-0.1, -0.05) is 18.2 Å². The van der Waals surface area contributed by atoms with Gasteiger partial charge in [-0.05, 0) is 45.9 Å². The van der Waals surface area contributed by atoms with Crippen molar-refractivity contribution < 1.29 is 9.84 Å². The number of benzene rings is 1. The highest BCUT2D eigenvalue weighted by Gasteiger charge is 2.19. The van der Waals surface area contributed by atoms with Crippen molar-refractivity contribution in [3.8, 4) is 17.0 Å². The first-order valence-electron chi connectivity index (χ1n) is 6.85. The first-order chi connectivity index (χ1) is 9.41. The average molecular weight is 271 g/mol. The zero-order chi connectivity index (χ0) is 14.8. The molecule has 0 aliphatic heterocycles. The molecule has 0 amide bonds. The van der Waals surface area contributed by atoms with E-state index in [1.165, 1.54) is 0 Å². The molecule has 0 fully saturated rings. The molecule has 3 nitrogen and oxygen atoms in total. The van der Waals surface area contributed by atoms with Crippen molar-refractivity contribution in [3.05, 3.63) is 47.7 Å². The molecule has 3 heteroatoms. The predicted molar refractivity (Wildman–Crippen MR) is 80.8 cm³/mol. The molecule has 0 saturated carbocycles. The number of hydrogen-bond acceptors (Lipinski definition) is 3. The Labute approximate surface area is 120 Å². The fourth-order valence-electron chi connectivity index (χ4n) is 2.28. The maximum absolute atomic E-state index is 10.1. The molecule has 0 atom stereocenters. The fourth-order valence-corrected chi connectivity index (χ4v) is 2.28. The van der Waals surface area contributed by atoms with Gasteiger partial charge in [-0.25, -0.2) is 0 Å². The van der Waals surface area contributed by atoms with Gasteiger partial charge in [0, 0.05) is 16.8 Å². The molecule has 1 heterocycles. The Balaban J connectivity index is 2.39. The van der Waals surface area contributed by atoms with Crippen LogP contribution < -0.4 is 4.74 Å². The van der Waals surface area contributed by atoms with Gasteiger partial charge >= 0.3 is 0 Å². The second-order valence-electron chi connectivity index (χ2n) is 5.35. The number of hydrogen-bond donors (Lipinski definition) is 1. The minimum absolute atomic E-state index is 0.646. The lowest BCUT2D eigenvalue weighted by Crippen LogP contribution is -2.17. The van der Waals surface area contributed by atoms with Crippen LogP contribution in [0.4, 0.5) is 0 Å². The third-order valence-corrected chi connectivity index (χ3v) is 3.19. The minimum Gasteiger partial charge on any atom is -0.494 e. The monoisotopic (exact) mass is 271 g/mol. The maximum atomic E-state index is 10.1. The lowest BCUT2D eigenvalue weighted by Gasteiger charge is -2.20. The second kappa shape index (κ2) is 5.63. The molecule has 0 unspecified atom stereocenters. The molecule has 0 spiro atoms. The van der Waals surface area contributed by atoms with Crippen LogP contribution >= 0.6 is 0 Å². The van der Waals surface area contributed by atoms with Gasteiger partial charge in [0.05, 0.1) is 17.9 Å². The fraction of sp³-hybridized carbons (Fsp3) is 0.353. The summed E-state index contributed by atoms with van der Waals surface area (Å²) in [5, 5.41) is 10.1. The van der Waals surface area contributed by atoms with Gasteiger partial charge in [-0.2, -0.15) is 0 Å². The van der Waals surface area contributed by atoms with E-state index in [0.29, 0.717) is 6.61 Å². The molecular weight excluding hydrogens is 250 g/mol. The van der Waals surface area contributed by atoms with Gasteiger partial charge in [0.15, 0.2) is 0 Å². The summed E-state index contributed by atoms with van der Waals surface area (Å²) in [5.41, 5.74) is 2.72. The number of aromatic nitrogens is 1. The number of rotatable bonds is 4. The van der Waals surface area contributed by atoms with Crippen molar-refractivity contribution in [3.63, 3.8) is 0 Å². The summed E-state index contributed by atoms with van der Waals surface area (Å²) >= 11 is 0. The lowest BCUT2D eigenvalue weighted by molar-refractivity contribution is 0.0775. The summed E-state index contributed by atoms with van der Waals surface area (Å²) in [5.74, 6) is 0.844. The molecule has 2 rings (SSSR count). The Morgan fingerprint density at radius 3 is 2.55 bits per heavy atom. The van der Waals surface area contributed by atoms with Crippen LogP contribution in [0.2, 0.25) is 0 Å². The van der Waals surface area contributed by atoms with Gasteiger partial charge in [-0.3, -0.25) is 4.98 Å². The molecule has 1 aromatic heterocycles. The number of aliphatic hydroxyl groups is 1. The largest absolute Gasteiger partial charge is 0.494 e. The molecule has 106 valence electrons. The van der Waals surface area contributed by atoms with Crippen molar-refractivity contribution in [1.82, 2.24) is 4.98 Å². The van der Waals surface area contributed by atoms with Crippen molar-refractivity contribution in [2.24, 2.45) is 0 Å². The molecule has 0 saturated heterocycles. The highest BCUT2D eigenvalue weighted by molar-refractivity contribution is 5.61. The maximum Gasteiger partial charge on any atom is 0.119 e. The molecule has 1 N–H and O–H groups in total. The Hall–Kier alpha value is -1.87. The normalized spacial score (nSPS) is 11.4. The highest BCUT2D eigenvalue weighted by atomic mass is 16.5. The summed E-state index contributed by atoms with van der Waals surface area (Å²) in [6.45, 7) is 8.07. The van der Waals surface area contributed by atoms with Crippen LogP contribution in [-0.2, 0) is 5.60 Å². The average Bonchev–Trinajstić information content (AvgIpc) is 2.38. The van der Waals surface area contributed by atoms with E-state index in [-0.39, 0.29) is 0 Å². The van der Waals surface area contributed by atoms with Gasteiger partial charge in [0.1, 0.15) is 5.75 Å². The Bertz CT molecular complexity index is 600. The van der Waals surface area contributed by atoms with Crippen molar-refractivity contribution in [2.45, 2.75) is 33.3 Å². The van der Waals surface area contributed by atoms with Gasteiger partial charge in [0.25, 0.3) is 0 Å². The van der Waals surface area contributed by atoms with Gasteiger partial charge in [0.2, 0.25) is 0 Å². The molecule has 1 aromatic carbocycles. The van der Waals surface area contributed by atoms with E-state index in [0.717, 1.165) is 28.3 Å². The van der Waals surface area contributed by atoms with Crippen molar-refractivity contribution in [1.29, 1.82) is 0 Å². The number of nitrogens with zero attached hydrogens (tertiary/aromatic N) is 1. The van der Waals surface area contributed by atoms with Crippen LogP contribution in [0.1, 0.15) is 32.0 Å². The number of aryl methyl sites for hydroxylation is 1. The third-order valence-electron chi connectivity index (χ3n) is 3.19. The lowest BCUT2D eigenvalue weighted by atomic mass is 9.96. The molecule has 20 heavy (non-hydrogen) atoms. The molecule has 0 bridgehead atoms. The zero-order valence-electron chi connectivity index (χ0n) is 12.5. The summed E-state index contributed by atoms with van der Waals surface area (Å²) in [6, 6.07) is 11.8. The molecule has 0 radical (unpaired) electrons. The first kappa shape index (κ1) is 14.5. The minimum atomic E-state index is -0.872. The Morgan fingerprint density at radius 1 is 1.20 bits per heavy atom. The quantitative estimate of drug-likeness (QED) is 0.922. The van der Waals surface area contributed by atoms with Crippen molar-refractivity contribution in [2.75, 3.05) is 6.61 Å². The van der Waals surface area contributed by atoms with Crippen LogP contribution in [0.15, 0.2) is 36.4 Å². The zero-order valence-corrected chi connectivity index (χ0v) is 12.5. The Kier molecular flexibility index (Phi) is 4.09. The van der Waals surface area contributed by atoms with Crippen LogP contribution in [0.25, 0.3) is 11.3 Å². The van der Waals surface area contributed by atoms with Crippen LogP contribution in [0.5, 0.6) is 5.75 Å². The van der Waals surface area contributed by atoms with E-state index in [2.05, 4.69) is 4.98 Å². The second-order valence-corrected chi connectivity index (χ2v) is 5.35. The topological polar surface area (TPSA) is 42.4 Å². The van der Waals surface area contributed by atoms with E-state index in [1.54, 1.807) is 13.8 Å². The first-order valence-corrected chi connectivity index (χ1v) is 6.85. The van der Waals surface area contributed by atoms with Gasteiger partial charge in [-0.15, -0.1) is 0 Å². The van der Waals surface area contributed by atoms with E-state index < -0.39 is 5.60 Å². The van der Waals surface area contributed by atoms with Crippen molar-refractivity contribution >= 4 is 0 Å². The van der Waals surface area contributed by atoms with E-state index >= 15 is 0 Å². The summed E-state index contributed by atoms with van der Waals surface area (Å²) in [4.78, 5) is 4.60. The van der Waals surface area contributed by atoms with E-state index in [9.17, 15) is 5.11 Å². The Morgan fingerprint density at radius 2 is 1.95 bits per heavy atom.